The van der Waals surface area contributed by atoms with E-state index in [1.165, 1.54) is 19.4 Å². The van der Waals surface area contributed by atoms with Gasteiger partial charge >= 0.3 is 5.97 Å². The van der Waals surface area contributed by atoms with E-state index < -0.39 is 11.8 Å². The van der Waals surface area contributed by atoms with Crippen LogP contribution < -0.4 is 5.32 Å². The minimum atomic E-state index is -0.534. The van der Waals surface area contributed by atoms with Gasteiger partial charge in [-0.15, -0.1) is 0 Å². The van der Waals surface area contributed by atoms with Gasteiger partial charge in [0, 0.05) is 12.8 Å². The van der Waals surface area contributed by atoms with Crippen LogP contribution in [-0.2, 0) is 16.0 Å². The summed E-state index contributed by atoms with van der Waals surface area (Å²) >= 11 is 0. The van der Waals surface area contributed by atoms with E-state index in [-0.39, 0.29) is 24.3 Å². The van der Waals surface area contributed by atoms with Crippen LogP contribution in [-0.4, -0.2) is 24.0 Å². The predicted octanol–water partition coefficient (Wildman–Crippen LogP) is 3.84. The largest absolute Gasteiger partial charge is 0.465 e. The zero-order valence-corrected chi connectivity index (χ0v) is 14.6. The second-order valence-corrected chi connectivity index (χ2v) is 5.68. The Balaban J connectivity index is 1.62. The molecule has 0 saturated carbocycles. The number of carbonyl (C=O) groups is 2. The van der Waals surface area contributed by atoms with Crippen LogP contribution in [0, 0.1) is 5.82 Å². The van der Waals surface area contributed by atoms with Crippen molar-refractivity contribution in [3.63, 3.8) is 0 Å². The molecule has 6 nitrogen and oxygen atoms in total. The fourth-order valence-corrected chi connectivity index (χ4v) is 2.52. The number of anilines is 1. The third-order valence-electron chi connectivity index (χ3n) is 3.87. The van der Waals surface area contributed by atoms with E-state index in [1.807, 2.05) is 0 Å². The van der Waals surface area contributed by atoms with Gasteiger partial charge in [0.25, 0.3) is 0 Å². The molecule has 0 aliphatic rings. The molecular weight excluding hydrogens is 351 g/mol. The Morgan fingerprint density at radius 2 is 1.89 bits per heavy atom. The average molecular weight is 368 g/mol. The highest BCUT2D eigenvalue weighted by atomic mass is 19.1. The molecule has 7 heteroatoms. The van der Waals surface area contributed by atoms with Crippen LogP contribution in [0.3, 0.4) is 0 Å². The molecule has 3 aromatic rings. The Labute approximate surface area is 155 Å². The molecule has 1 N–H and O–H groups in total. The molecule has 3 rings (SSSR count). The van der Waals surface area contributed by atoms with Gasteiger partial charge < -0.3 is 14.5 Å². The number of esters is 1. The van der Waals surface area contributed by atoms with Crippen molar-refractivity contribution in [3.8, 4) is 11.3 Å². The number of rotatable bonds is 6. The summed E-state index contributed by atoms with van der Waals surface area (Å²) < 4.78 is 24.0. The fraction of sp³-hybridized carbons (Fsp3) is 0.150. The molecule has 0 unspecified atom stereocenters. The molecule has 0 bridgehead atoms. The molecule has 0 radical (unpaired) electrons. The highest BCUT2D eigenvalue weighted by molar-refractivity contribution is 6.01. The van der Waals surface area contributed by atoms with Crippen LogP contribution in [0.5, 0.6) is 0 Å². The van der Waals surface area contributed by atoms with Crippen molar-refractivity contribution in [2.75, 3.05) is 12.4 Å². The van der Waals surface area contributed by atoms with Crippen LogP contribution in [0.1, 0.15) is 22.7 Å². The van der Waals surface area contributed by atoms with Crippen LogP contribution >= 0.6 is 0 Å². The molecular formula is C20H17FN2O4. The quantitative estimate of drug-likeness (QED) is 0.669. The SMILES string of the molecule is COC(=O)c1ccccc1NC(=O)CCc1ncc(-c2ccccc2F)o1. The predicted molar refractivity (Wildman–Crippen MR) is 96.6 cm³/mol. The summed E-state index contributed by atoms with van der Waals surface area (Å²) in [5.74, 6) is -0.619. The maximum Gasteiger partial charge on any atom is 0.339 e. The molecule has 27 heavy (non-hydrogen) atoms. The van der Waals surface area contributed by atoms with E-state index in [2.05, 4.69) is 10.3 Å². The van der Waals surface area contributed by atoms with Crippen molar-refractivity contribution in [1.29, 1.82) is 0 Å². The number of amides is 1. The van der Waals surface area contributed by atoms with E-state index >= 15 is 0 Å². The number of benzene rings is 2. The number of hydrogen-bond donors (Lipinski definition) is 1. The minimum absolute atomic E-state index is 0.0900. The standard InChI is InChI=1S/C20H17FN2O4/c1-26-20(25)14-7-3-5-9-16(14)23-18(24)10-11-19-22-12-17(27-19)13-6-2-4-8-15(13)21/h2-9,12H,10-11H2,1H3,(H,23,24). The minimum Gasteiger partial charge on any atom is -0.465 e. The highest BCUT2D eigenvalue weighted by Crippen LogP contribution is 2.23. The molecule has 0 aliphatic carbocycles. The summed E-state index contributed by atoms with van der Waals surface area (Å²) in [5.41, 5.74) is 0.952. The van der Waals surface area contributed by atoms with Crippen LogP contribution in [0.2, 0.25) is 0 Å². The lowest BCUT2D eigenvalue weighted by Crippen LogP contribution is -2.15. The molecule has 0 fully saturated rings. The summed E-state index contributed by atoms with van der Waals surface area (Å²) in [4.78, 5) is 28.0. The summed E-state index contributed by atoms with van der Waals surface area (Å²) in [6, 6.07) is 12.8. The number of para-hydroxylation sites is 1. The second kappa shape index (κ2) is 8.27. The van der Waals surface area contributed by atoms with Crippen LogP contribution in [0.25, 0.3) is 11.3 Å². The van der Waals surface area contributed by atoms with Gasteiger partial charge in [0.1, 0.15) is 5.82 Å². The normalized spacial score (nSPS) is 10.4. The fourth-order valence-electron chi connectivity index (χ4n) is 2.52. The van der Waals surface area contributed by atoms with Crippen molar-refractivity contribution in [2.45, 2.75) is 12.8 Å². The van der Waals surface area contributed by atoms with Crippen LogP contribution in [0.4, 0.5) is 10.1 Å². The summed E-state index contributed by atoms with van der Waals surface area (Å²) in [5, 5.41) is 2.67. The molecule has 0 aliphatic heterocycles. The molecule has 1 heterocycles. The molecule has 138 valence electrons. The van der Waals surface area contributed by atoms with Gasteiger partial charge in [-0.2, -0.15) is 0 Å². The first-order valence-corrected chi connectivity index (χ1v) is 8.25. The van der Waals surface area contributed by atoms with Crippen molar-refractivity contribution in [1.82, 2.24) is 4.98 Å². The first kappa shape index (κ1) is 18.3. The lowest BCUT2D eigenvalue weighted by molar-refractivity contribution is -0.116. The maximum atomic E-state index is 13.8. The third kappa shape index (κ3) is 4.38. The van der Waals surface area contributed by atoms with E-state index in [9.17, 15) is 14.0 Å². The zero-order chi connectivity index (χ0) is 19.2. The highest BCUT2D eigenvalue weighted by Gasteiger charge is 2.15. The summed E-state index contributed by atoms with van der Waals surface area (Å²) in [6.45, 7) is 0. The smallest absolute Gasteiger partial charge is 0.339 e. The monoisotopic (exact) mass is 368 g/mol. The third-order valence-corrected chi connectivity index (χ3v) is 3.87. The van der Waals surface area contributed by atoms with Crippen molar-refractivity contribution >= 4 is 17.6 Å². The number of aromatic nitrogens is 1. The van der Waals surface area contributed by atoms with Crippen LogP contribution in [0.15, 0.2) is 59.1 Å². The number of oxazole rings is 1. The first-order chi connectivity index (χ1) is 13.1. The summed E-state index contributed by atoms with van der Waals surface area (Å²) in [6.07, 6.45) is 1.76. The van der Waals surface area contributed by atoms with Crippen molar-refractivity contribution in [2.24, 2.45) is 0 Å². The van der Waals surface area contributed by atoms with Gasteiger partial charge in [0.05, 0.1) is 30.1 Å². The van der Waals surface area contributed by atoms with E-state index in [0.29, 0.717) is 22.9 Å². The van der Waals surface area contributed by atoms with E-state index in [1.54, 1.807) is 42.5 Å². The Hall–Kier alpha value is -3.48. The number of carbonyl (C=O) groups excluding carboxylic acids is 2. The molecule has 2 aromatic carbocycles. The average Bonchev–Trinajstić information content (AvgIpc) is 3.15. The molecule has 0 spiro atoms. The van der Waals surface area contributed by atoms with E-state index in [4.69, 9.17) is 9.15 Å². The van der Waals surface area contributed by atoms with Gasteiger partial charge in [-0.25, -0.2) is 14.2 Å². The Kier molecular flexibility index (Phi) is 5.61. The number of methoxy groups -OCH3 is 1. The number of hydrogen-bond acceptors (Lipinski definition) is 5. The van der Waals surface area contributed by atoms with Gasteiger partial charge in [-0.3, -0.25) is 4.79 Å². The Morgan fingerprint density at radius 1 is 1.15 bits per heavy atom. The molecule has 0 atom stereocenters. The van der Waals surface area contributed by atoms with Gasteiger partial charge in [-0.1, -0.05) is 24.3 Å². The number of nitrogens with one attached hydrogen (secondary N) is 1. The van der Waals surface area contributed by atoms with Crippen molar-refractivity contribution in [3.05, 3.63) is 72.0 Å². The number of ether oxygens (including phenoxy) is 1. The maximum absolute atomic E-state index is 13.8. The lowest BCUT2D eigenvalue weighted by atomic mass is 10.1. The van der Waals surface area contributed by atoms with Gasteiger partial charge in [-0.05, 0) is 24.3 Å². The second-order valence-electron chi connectivity index (χ2n) is 5.68. The lowest BCUT2D eigenvalue weighted by Gasteiger charge is -2.09. The molecule has 0 saturated heterocycles. The van der Waals surface area contributed by atoms with Gasteiger partial charge in [0.2, 0.25) is 5.91 Å². The van der Waals surface area contributed by atoms with Crippen molar-refractivity contribution < 1.29 is 23.1 Å². The van der Waals surface area contributed by atoms with Gasteiger partial charge in [0.15, 0.2) is 11.7 Å². The Morgan fingerprint density at radius 3 is 2.67 bits per heavy atom. The number of nitrogens with zero attached hydrogens (tertiary/aromatic N) is 1. The number of halogens is 1. The molecule has 1 amide bonds. The topological polar surface area (TPSA) is 81.4 Å². The molecule has 1 aromatic heterocycles. The first-order valence-electron chi connectivity index (χ1n) is 8.25. The Bertz CT molecular complexity index is 968. The zero-order valence-electron chi connectivity index (χ0n) is 14.6. The number of aryl methyl sites for hydroxylation is 1. The van der Waals surface area contributed by atoms with E-state index in [0.717, 1.165) is 0 Å². The summed E-state index contributed by atoms with van der Waals surface area (Å²) in [7, 11) is 1.27.